The summed E-state index contributed by atoms with van der Waals surface area (Å²) in [7, 11) is 0. The molecule has 6 heteroatoms. The van der Waals surface area contributed by atoms with Gasteiger partial charge in [-0.05, 0) is 43.2 Å². The molecule has 1 aliphatic rings. The molecule has 118 valence electrons. The van der Waals surface area contributed by atoms with Crippen LogP contribution in [0.5, 0.6) is 0 Å². The SMILES string of the molecule is O=c1[nH]ccc2c1c(Nc1ccc(S)cc1)nn2C1CCCC1. The van der Waals surface area contributed by atoms with Crippen molar-refractivity contribution in [1.82, 2.24) is 14.8 Å². The molecule has 5 nitrogen and oxygen atoms in total. The second-order valence-electron chi connectivity index (χ2n) is 5.97. The van der Waals surface area contributed by atoms with Gasteiger partial charge in [-0.15, -0.1) is 12.6 Å². The van der Waals surface area contributed by atoms with Gasteiger partial charge in [0.05, 0.1) is 11.6 Å². The Hall–Kier alpha value is -2.21. The molecule has 0 saturated heterocycles. The summed E-state index contributed by atoms with van der Waals surface area (Å²) in [4.78, 5) is 16.0. The van der Waals surface area contributed by atoms with Crippen LogP contribution in [0.15, 0.2) is 46.2 Å². The maximum absolute atomic E-state index is 12.3. The van der Waals surface area contributed by atoms with Crippen LogP contribution >= 0.6 is 12.6 Å². The van der Waals surface area contributed by atoms with E-state index in [2.05, 4.69) is 22.9 Å². The van der Waals surface area contributed by atoms with E-state index in [1.54, 1.807) is 6.20 Å². The average molecular weight is 326 g/mol. The molecule has 1 aliphatic carbocycles. The molecule has 1 saturated carbocycles. The highest BCUT2D eigenvalue weighted by molar-refractivity contribution is 7.80. The predicted octanol–water partition coefficient (Wildman–Crippen LogP) is 3.87. The number of benzene rings is 1. The number of fused-ring (bicyclic) bond motifs is 1. The van der Waals surface area contributed by atoms with Crippen molar-refractivity contribution in [2.24, 2.45) is 0 Å². The van der Waals surface area contributed by atoms with Crippen molar-refractivity contribution in [2.75, 3.05) is 5.32 Å². The Kier molecular flexibility index (Phi) is 3.61. The first-order chi connectivity index (χ1) is 11.2. The van der Waals surface area contributed by atoms with Crippen LogP contribution in [-0.4, -0.2) is 14.8 Å². The van der Waals surface area contributed by atoms with Gasteiger partial charge in [-0.1, -0.05) is 12.8 Å². The Morgan fingerprint density at radius 3 is 2.65 bits per heavy atom. The molecule has 0 radical (unpaired) electrons. The van der Waals surface area contributed by atoms with Crippen molar-refractivity contribution >= 4 is 35.0 Å². The second-order valence-corrected chi connectivity index (χ2v) is 6.49. The summed E-state index contributed by atoms with van der Waals surface area (Å²) < 4.78 is 2.02. The Morgan fingerprint density at radius 1 is 1.17 bits per heavy atom. The molecule has 1 aromatic carbocycles. The largest absolute Gasteiger partial charge is 0.338 e. The number of aromatic nitrogens is 3. The van der Waals surface area contributed by atoms with Crippen molar-refractivity contribution in [3.8, 4) is 0 Å². The third-order valence-electron chi connectivity index (χ3n) is 4.43. The van der Waals surface area contributed by atoms with Gasteiger partial charge < -0.3 is 10.3 Å². The van der Waals surface area contributed by atoms with Crippen molar-refractivity contribution in [1.29, 1.82) is 0 Å². The van der Waals surface area contributed by atoms with E-state index in [-0.39, 0.29) is 5.56 Å². The first-order valence-electron chi connectivity index (χ1n) is 7.88. The van der Waals surface area contributed by atoms with Crippen molar-refractivity contribution in [3.63, 3.8) is 0 Å². The molecule has 3 aromatic rings. The molecule has 23 heavy (non-hydrogen) atoms. The predicted molar refractivity (Wildman–Crippen MR) is 94.8 cm³/mol. The molecule has 0 spiro atoms. The lowest BCUT2D eigenvalue weighted by atomic mass is 10.2. The van der Waals surface area contributed by atoms with Gasteiger partial charge in [0.15, 0.2) is 5.82 Å². The highest BCUT2D eigenvalue weighted by Gasteiger charge is 2.22. The summed E-state index contributed by atoms with van der Waals surface area (Å²) in [6.07, 6.45) is 6.38. The van der Waals surface area contributed by atoms with E-state index < -0.39 is 0 Å². The van der Waals surface area contributed by atoms with Gasteiger partial charge in [0.2, 0.25) is 0 Å². The third kappa shape index (κ3) is 2.63. The molecule has 0 atom stereocenters. The van der Waals surface area contributed by atoms with Gasteiger partial charge in [0.1, 0.15) is 5.39 Å². The second kappa shape index (κ2) is 5.77. The highest BCUT2D eigenvalue weighted by Crippen LogP contribution is 2.33. The lowest BCUT2D eigenvalue weighted by molar-refractivity contribution is 0.483. The molecule has 1 fully saturated rings. The number of pyridine rings is 1. The molecule has 2 heterocycles. The highest BCUT2D eigenvalue weighted by atomic mass is 32.1. The molecule has 2 N–H and O–H groups in total. The van der Waals surface area contributed by atoms with E-state index >= 15 is 0 Å². The van der Waals surface area contributed by atoms with Crippen molar-refractivity contribution in [2.45, 2.75) is 36.6 Å². The van der Waals surface area contributed by atoms with Gasteiger partial charge in [-0.3, -0.25) is 9.48 Å². The Morgan fingerprint density at radius 2 is 1.91 bits per heavy atom. The molecule has 0 amide bonds. The van der Waals surface area contributed by atoms with Crippen LogP contribution in [0.4, 0.5) is 11.5 Å². The fourth-order valence-corrected chi connectivity index (χ4v) is 3.44. The van der Waals surface area contributed by atoms with Crippen LogP contribution < -0.4 is 10.9 Å². The number of thiol groups is 1. The van der Waals surface area contributed by atoms with E-state index in [9.17, 15) is 4.79 Å². The molecule has 0 unspecified atom stereocenters. The first-order valence-corrected chi connectivity index (χ1v) is 8.33. The smallest absolute Gasteiger partial charge is 0.261 e. The van der Waals surface area contributed by atoms with Gasteiger partial charge in [-0.2, -0.15) is 5.10 Å². The standard InChI is InChI=1S/C17H18N4OS/c22-17-15-14(9-10-18-17)21(12-3-1-2-4-12)20-16(15)19-11-5-7-13(23)8-6-11/h5-10,12,23H,1-4H2,(H,18,22)(H,19,20). The number of hydrogen-bond acceptors (Lipinski definition) is 4. The van der Waals surface area contributed by atoms with E-state index in [4.69, 9.17) is 5.10 Å². The zero-order valence-electron chi connectivity index (χ0n) is 12.6. The summed E-state index contributed by atoms with van der Waals surface area (Å²) in [5, 5.41) is 8.61. The summed E-state index contributed by atoms with van der Waals surface area (Å²) in [6, 6.07) is 10.00. The number of nitrogens with zero attached hydrogens (tertiary/aromatic N) is 2. The minimum absolute atomic E-state index is 0.111. The van der Waals surface area contributed by atoms with E-state index in [1.807, 2.05) is 35.0 Å². The van der Waals surface area contributed by atoms with Gasteiger partial charge >= 0.3 is 0 Å². The molecule has 0 bridgehead atoms. The number of hydrogen-bond donors (Lipinski definition) is 3. The van der Waals surface area contributed by atoms with Crippen LogP contribution in [0.1, 0.15) is 31.7 Å². The number of anilines is 2. The average Bonchev–Trinajstić information content (AvgIpc) is 3.18. The van der Waals surface area contributed by atoms with Crippen LogP contribution in [0.3, 0.4) is 0 Å². The van der Waals surface area contributed by atoms with Crippen molar-refractivity contribution in [3.05, 3.63) is 46.9 Å². The first kappa shape index (κ1) is 14.4. The lowest BCUT2D eigenvalue weighted by Crippen LogP contribution is -2.08. The fraction of sp³-hybridized carbons (Fsp3) is 0.294. The summed E-state index contributed by atoms with van der Waals surface area (Å²) in [6.45, 7) is 0. The topological polar surface area (TPSA) is 62.7 Å². The Balaban J connectivity index is 1.82. The van der Waals surface area contributed by atoms with Crippen LogP contribution in [-0.2, 0) is 0 Å². The molecule has 4 rings (SSSR count). The number of rotatable bonds is 3. The Labute approximate surface area is 139 Å². The Bertz CT molecular complexity index is 891. The van der Waals surface area contributed by atoms with E-state index in [0.29, 0.717) is 17.2 Å². The molecule has 2 aromatic heterocycles. The molecular weight excluding hydrogens is 308 g/mol. The van der Waals surface area contributed by atoms with Crippen molar-refractivity contribution < 1.29 is 0 Å². The number of nitrogens with one attached hydrogen (secondary N) is 2. The van der Waals surface area contributed by atoms with Gasteiger partial charge in [-0.25, -0.2) is 0 Å². The minimum atomic E-state index is -0.111. The number of H-pyrrole nitrogens is 1. The quantitative estimate of drug-likeness (QED) is 0.640. The fourth-order valence-electron chi connectivity index (χ4n) is 3.30. The number of aromatic amines is 1. The zero-order chi connectivity index (χ0) is 15.8. The van der Waals surface area contributed by atoms with E-state index in [0.717, 1.165) is 28.9 Å². The minimum Gasteiger partial charge on any atom is -0.338 e. The summed E-state index contributed by atoms with van der Waals surface area (Å²) >= 11 is 4.29. The summed E-state index contributed by atoms with van der Waals surface area (Å²) in [5.74, 6) is 0.612. The van der Waals surface area contributed by atoms with Crippen LogP contribution in [0.25, 0.3) is 10.9 Å². The van der Waals surface area contributed by atoms with Crippen LogP contribution in [0.2, 0.25) is 0 Å². The van der Waals surface area contributed by atoms with E-state index in [1.165, 1.54) is 12.8 Å². The maximum Gasteiger partial charge on any atom is 0.261 e. The van der Waals surface area contributed by atoms with Gasteiger partial charge in [0, 0.05) is 16.8 Å². The zero-order valence-corrected chi connectivity index (χ0v) is 13.5. The van der Waals surface area contributed by atoms with Gasteiger partial charge in [0.25, 0.3) is 5.56 Å². The maximum atomic E-state index is 12.3. The van der Waals surface area contributed by atoms with Crippen LogP contribution in [0, 0.1) is 0 Å². The third-order valence-corrected chi connectivity index (χ3v) is 4.73. The molecule has 0 aliphatic heterocycles. The molecular formula is C17H18N4OS. The monoisotopic (exact) mass is 326 g/mol. The normalized spacial score (nSPS) is 15.3. The summed E-state index contributed by atoms with van der Waals surface area (Å²) in [5.41, 5.74) is 1.68. The lowest BCUT2D eigenvalue weighted by Gasteiger charge is -2.10.